The molecule has 0 aliphatic heterocycles. The SMILES string of the molecule is CNCCCn1cnc2cncc(Br)c21. The molecule has 80 valence electrons. The average Bonchev–Trinajstić information content (AvgIpc) is 2.63. The summed E-state index contributed by atoms with van der Waals surface area (Å²) in [5.41, 5.74) is 2.06. The highest BCUT2D eigenvalue weighted by molar-refractivity contribution is 9.10. The Labute approximate surface area is 96.8 Å². The van der Waals surface area contributed by atoms with Crippen molar-refractivity contribution in [2.75, 3.05) is 13.6 Å². The summed E-state index contributed by atoms with van der Waals surface area (Å²) in [6.45, 7) is 1.99. The zero-order valence-electron chi connectivity index (χ0n) is 8.57. The van der Waals surface area contributed by atoms with E-state index in [1.807, 2.05) is 13.4 Å². The molecule has 0 atom stereocenters. The second-order valence-corrected chi connectivity index (χ2v) is 4.24. The lowest BCUT2D eigenvalue weighted by Crippen LogP contribution is -2.10. The van der Waals surface area contributed by atoms with Crippen LogP contribution in [0.4, 0.5) is 0 Å². The summed E-state index contributed by atoms with van der Waals surface area (Å²) >= 11 is 3.50. The fourth-order valence-corrected chi connectivity index (χ4v) is 2.13. The summed E-state index contributed by atoms with van der Waals surface area (Å²) in [6, 6.07) is 0. The predicted molar refractivity (Wildman–Crippen MR) is 63.8 cm³/mol. The van der Waals surface area contributed by atoms with Crippen molar-refractivity contribution in [3.63, 3.8) is 0 Å². The minimum Gasteiger partial charge on any atom is -0.330 e. The Kier molecular flexibility index (Phi) is 3.33. The maximum absolute atomic E-state index is 4.31. The monoisotopic (exact) mass is 268 g/mol. The molecule has 0 amide bonds. The zero-order valence-corrected chi connectivity index (χ0v) is 10.2. The molecule has 2 heterocycles. The van der Waals surface area contributed by atoms with E-state index in [1.54, 1.807) is 12.4 Å². The number of aromatic nitrogens is 3. The van der Waals surface area contributed by atoms with Crippen LogP contribution in [0.1, 0.15) is 6.42 Å². The van der Waals surface area contributed by atoms with Gasteiger partial charge in [0.25, 0.3) is 0 Å². The molecule has 0 fully saturated rings. The summed E-state index contributed by atoms with van der Waals surface area (Å²) < 4.78 is 3.15. The van der Waals surface area contributed by atoms with Gasteiger partial charge in [0.05, 0.1) is 22.5 Å². The average molecular weight is 269 g/mol. The van der Waals surface area contributed by atoms with Crippen LogP contribution < -0.4 is 5.32 Å². The number of hydrogen-bond acceptors (Lipinski definition) is 3. The van der Waals surface area contributed by atoms with E-state index in [4.69, 9.17) is 0 Å². The summed E-state index contributed by atoms with van der Waals surface area (Å²) in [4.78, 5) is 8.40. The molecule has 2 aromatic heterocycles. The van der Waals surface area contributed by atoms with E-state index < -0.39 is 0 Å². The van der Waals surface area contributed by atoms with Gasteiger partial charge in [0, 0.05) is 12.7 Å². The van der Waals surface area contributed by atoms with Gasteiger partial charge in [-0.25, -0.2) is 4.98 Å². The topological polar surface area (TPSA) is 42.7 Å². The van der Waals surface area contributed by atoms with Crippen molar-refractivity contribution in [3.8, 4) is 0 Å². The lowest BCUT2D eigenvalue weighted by Gasteiger charge is -2.04. The molecule has 4 nitrogen and oxygen atoms in total. The molecule has 15 heavy (non-hydrogen) atoms. The predicted octanol–water partition coefficient (Wildman–Crippen LogP) is 1.80. The molecule has 0 radical (unpaired) electrons. The van der Waals surface area contributed by atoms with Crippen LogP contribution in [0.5, 0.6) is 0 Å². The van der Waals surface area contributed by atoms with Crippen LogP contribution in [-0.4, -0.2) is 28.1 Å². The molecular formula is C10H13BrN4. The van der Waals surface area contributed by atoms with E-state index in [0.29, 0.717) is 0 Å². The summed E-state index contributed by atoms with van der Waals surface area (Å²) in [5, 5.41) is 3.14. The number of fused-ring (bicyclic) bond motifs is 1. The highest BCUT2D eigenvalue weighted by atomic mass is 79.9. The molecular weight excluding hydrogens is 256 g/mol. The number of nitrogens with one attached hydrogen (secondary N) is 1. The second kappa shape index (κ2) is 4.72. The van der Waals surface area contributed by atoms with Gasteiger partial charge in [-0.2, -0.15) is 0 Å². The molecule has 0 saturated heterocycles. The van der Waals surface area contributed by atoms with E-state index in [1.165, 1.54) is 0 Å². The number of rotatable bonds is 4. The standard InChI is InChI=1S/C10H13BrN4/c1-12-3-2-4-15-7-14-9-6-13-5-8(11)10(9)15/h5-7,12H,2-4H2,1H3. The largest absolute Gasteiger partial charge is 0.330 e. The van der Waals surface area contributed by atoms with Crippen LogP contribution in [0, 0.1) is 0 Å². The molecule has 1 N–H and O–H groups in total. The smallest absolute Gasteiger partial charge is 0.108 e. The lowest BCUT2D eigenvalue weighted by atomic mass is 10.3. The quantitative estimate of drug-likeness (QED) is 0.861. The third-order valence-corrected chi connectivity index (χ3v) is 2.88. The number of imidazole rings is 1. The molecule has 0 aliphatic rings. The third kappa shape index (κ3) is 2.18. The first-order valence-corrected chi connectivity index (χ1v) is 5.71. The number of pyridine rings is 1. The van der Waals surface area contributed by atoms with E-state index in [-0.39, 0.29) is 0 Å². The van der Waals surface area contributed by atoms with Gasteiger partial charge in [-0.15, -0.1) is 0 Å². The minimum absolute atomic E-state index is 0.939. The van der Waals surface area contributed by atoms with Gasteiger partial charge in [0.2, 0.25) is 0 Å². The number of halogens is 1. The molecule has 0 bridgehead atoms. The van der Waals surface area contributed by atoms with Crippen LogP contribution in [0.2, 0.25) is 0 Å². The second-order valence-electron chi connectivity index (χ2n) is 3.38. The van der Waals surface area contributed by atoms with E-state index in [2.05, 4.69) is 35.8 Å². The van der Waals surface area contributed by atoms with Gasteiger partial charge in [0.15, 0.2) is 0 Å². The van der Waals surface area contributed by atoms with Gasteiger partial charge in [-0.3, -0.25) is 4.98 Å². The van der Waals surface area contributed by atoms with Crippen LogP contribution in [0.3, 0.4) is 0 Å². The third-order valence-electron chi connectivity index (χ3n) is 2.30. The van der Waals surface area contributed by atoms with Crippen molar-refractivity contribution in [1.82, 2.24) is 19.9 Å². The molecule has 2 aromatic rings. The van der Waals surface area contributed by atoms with Crippen molar-refractivity contribution < 1.29 is 0 Å². The van der Waals surface area contributed by atoms with Crippen molar-refractivity contribution >= 4 is 27.0 Å². The van der Waals surface area contributed by atoms with Gasteiger partial charge in [-0.05, 0) is 35.9 Å². The van der Waals surface area contributed by atoms with Crippen molar-refractivity contribution in [3.05, 3.63) is 23.2 Å². The molecule has 5 heteroatoms. The maximum atomic E-state index is 4.31. The van der Waals surface area contributed by atoms with E-state index in [9.17, 15) is 0 Å². The highest BCUT2D eigenvalue weighted by Crippen LogP contribution is 2.21. The molecule has 0 unspecified atom stereocenters. The number of hydrogen-bond donors (Lipinski definition) is 1. The first-order valence-electron chi connectivity index (χ1n) is 4.92. The maximum Gasteiger partial charge on any atom is 0.108 e. The van der Waals surface area contributed by atoms with Crippen LogP contribution in [-0.2, 0) is 6.54 Å². The minimum atomic E-state index is 0.939. The Morgan fingerprint density at radius 2 is 2.33 bits per heavy atom. The van der Waals surface area contributed by atoms with Crippen molar-refractivity contribution in [1.29, 1.82) is 0 Å². The highest BCUT2D eigenvalue weighted by Gasteiger charge is 2.05. The summed E-state index contributed by atoms with van der Waals surface area (Å²) in [5.74, 6) is 0. The summed E-state index contributed by atoms with van der Waals surface area (Å²) in [7, 11) is 1.96. The van der Waals surface area contributed by atoms with Crippen LogP contribution >= 0.6 is 15.9 Å². The molecule has 2 rings (SSSR count). The Hall–Kier alpha value is -0.940. The Bertz CT molecular complexity index is 452. The molecule has 0 aliphatic carbocycles. The van der Waals surface area contributed by atoms with Crippen LogP contribution in [0.15, 0.2) is 23.2 Å². The first kappa shape index (κ1) is 10.6. The number of aryl methyl sites for hydroxylation is 1. The van der Waals surface area contributed by atoms with Gasteiger partial charge < -0.3 is 9.88 Å². The van der Waals surface area contributed by atoms with Gasteiger partial charge in [0.1, 0.15) is 5.52 Å². The van der Waals surface area contributed by atoms with Gasteiger partial charge in [-0.1, -0.05) is 0 Å². The fourth-order valence-electron chi connectivity index (χ4n) is 1.58. The number of nitrogens with zero attached hydrogens (tertiary/aromatic N) is 3. The molecule has 0 spiro atoms. The Balaban J connectivity index is 2.27. The van der Waals surface area contributed by atoms with Crippen molar-refractivity contribution in [2.24, 2.45) is 0 Å². The van der Waals surface area contributed by atoms with Gasteiger partial charge >= 0.3 is 0 Å². The van der Waals surface area contributed by atoms with E-state index in [0.717, 1.165) is 35.0 Å². The Morgan fingerprint density at radius 3 is 3.13 bits per heavy atom. The van der Waals surface area contributed by atoms with Crippen LogP contribution in [0.25, 0.3) is 11.0 Å². The summed E-state index contributed by atoms with van der Waals surface area (Å²) in [6.07, 6.45) is 6.55. The normalized spacial score (nSPS) is 11.1. The van der Waals surface area contributed by atoms with Crippen molar-refractivity contribution in [2.45, 2.75) is 13.0 Å². The van der Waals surface area contributed by atoms with E-state index >= 15 is 0 Å². The lowest BCUT2D eigenvalue weighted by molar-refractivity contribution is 0.623. The molecule has 0 saturated carbocycles. The first-order chi connectivity index (χ1) is 7.33. The molecule has 0 aromatic carbocycles. The zero-order chi connectivity index (χ0) is 10.7. The fraction of sp³-hybridized carbons (Fsp3) is 0.400. The Morgan fingerprint density at radius 1 is 1.47 bits per heavy atom.